The molecule has 84 valence electrons. The molecular weight excluding hydrogens is 214 g/mol. The van der Waals surface area contributed by atoms with Crippen molar-refractivity contribution in [3.63, 3.8) is 0 Å². The summed E-state index contributed by atoms with van der Waals surface area (Å²) in [6.45, 7) is 0.248. The van der Waals surface area contributed by atoms with E-state index in [0.717, 1.165) is 6.07 Å². The van der Waals surface area contributed by atoms with Crippen LogP contribution in [0.25, 0.3) is 0 Å². The molecule has 0 atom stereocenters. The number of hydrogen-bond acceptors (Lipinski definition) is 3. The number of rotatable bonds is 3. The lowest BCUT2D eigenvalue weighted by molar-refractivity contribution is 0.505. The van der Waals surface area contributed by atoms with Gasteiger partial charge in [0.15, 0.2) is 11.6 Å². The highest BCUT2D eigenvalue weighted by Gasteiger charge is 2.11. The Morgan fingerprint density at radius 2 is 2.06 bits per heavy atom. The SMILES string of the molecule is Nc1ccc(F)c(F)c1NCc1ccco1. The summed E-state index contributed by atoms with van der Waals surface area (Å²) in [6.07, 6.45) is 1.50. The second-order valence-electron chi connectivity index (χ2n) is 3.26. The van der Waals surface area contributed by atoms with E-state index < -0.39 is 11.6 Å². The number of halogens is 2. The van der Waals surface area contributed by atoms with E-state index in [-0.39, 0.29) is 17.9 Å². The van der Waals surface area contributed by atoms with Crippen LogP contribution in [-0.2, 0) is 6.54 Å². The van der Waals surface area contributed by atoms with Crippen molar-refractivity contribution in [2.45, 2.75) is 6.54 Å². The third-order valence-corrected chi connectivity index (χ3v) is 2.15. The molecule has 2 rings (SSSR count). The average Bonchev–Trinajstić information content (AvgIpc) is 2.77. The van der Waals surface area contributed by atoms with E-state index in [1.54, 1.807) is 12.1 Å². The first-order valence-electron chi connectivity index (χ1n) is 4.68. The Hall–Kier alpha value is -2.04. The summed E-state index contributed by atoms with van der Waals surface area (Å²) < 4.78 is 31.3. The molecule has 3 N–H and O–H groups in total. The second kappa shape index (κ2) is 4.22. The van der Waals surface area contributed by atoms with Crippen LogP contribution in [-0.4, -0.2) is 0 Å². The zero-order valence-corrected chi connectivity index (χ0v) is 8.34. The molecule has 16 heavy (non-hydrogen) atoms. The maximum atomic E-state index is 13.3. The fourth-order valence-corrected chi connectivity index (χ4v) is 1.33. The smallest absolute Gasteiger partial charge is 0.183 e. The molecule has 0 aliphatic heterocycles. The van der Waals surface area contributed by atoms with E-state index in [2.05, 4.69) is 5.32 Å². The number of furan rings is 1. The summed E-state index contributed by atoms with van der Waals surface area (Å²) in [5.41, 5.74) is 5.64. The van der Waals surface area contributed by atoms with Crippen LogP contribution in [0.5, 0.6) is 0 Å². The number of anilines is 2. The van der Waals surface area contributed by atoms with Gasteiger partial charge in [-0.1, -0.05) is 0 Å². The largest absolute Gasteiger partial charge is 0.467 e. The van der Waals surface area contributed by atoms with E-state index in [4.69, 9.17) is 10.2 Å². The van der Waals surface area contributed by atoms with Gasteiger partial charge in [-0.2, -0.15) is 0 Å². The van der Waals surface area contributed by atoms with E-state index in [0.29, 0.717) is 5.76 Å². The minimum atomic E-state index is -0.980. The first-order chi connectivity index (χ1) is 7.68. The first-order valence-corrected chi connectivity index (χ1v) is 4.68. The van der Waals surface area contributed by atoms with Gasteiger partial charge >= 0.3 is 0 Å². The predicted octanol–water partition coefficient (Wildman–Crippen LogP) is 2.75. The fraction of sp³-hybridized carbons (Fsp3) is 0.0909. The maximum absolute atomic E-state index is 13.3. The van der Waals surface area contributed by atoms with Crippen molar-refractivity contribution in [1.82, 2.24) is 0 Å². The van der Waals surface area contributed by atoms with Crippen molar-refractivity contribution in [2.75, 3.05) is 11.1 Å². The molecule has 0 spiro atoms. The Morgan fingerprint density at radius 1 is 1.25 bits per heavy atom. The minimum Gasteiger partial charge on any atom is -0.467 e. The molecule has 0 aliphatic carbocycles. The molecule has 0 fully saturated rings. The van der Waals surface area contributed by atoms with Gasteiger partial charge in [-0.25, -0.2) is 8.78 Å². The molecule has 2 aromatic rings. The summed E-state index contributed by atoms with van der Waals surface area (Å²) in [6, 6.07) is 5.73. The van der Waals surface area contributed by atoms with Crippen molar-refractivity contribution >= 4 is 11.4 Å². The molecule has 0 unspecified atom stereocenters. The van der Waals surface area contributed by atoms with Gasteiger partial charge in [0.1, 0.15) is 5.76 Å². The molecule has 1 heterocycles. The van der Waals surface area contributed by atoms with Crippen LogP contribution < -0.4 is 11.1 Å². The average molecular weight is 224 g/mol. The Balaban J connectivity index is 2.18. The van der Waals surface area contributed by atoms with Crippen molar-refractivity contribution < 1.29 is 13.2 Å². The van der Waals surface area contributed by atoms with Crippen LogP contribution in [0, 0.1) is 11.6 Å². The van der Waals surface area contributed by atoms with Gasteiger partial charge in [0, 0.05) is 0 Å². The molecule has 1 aromatic carbocycles. The van der Waals surface area contributed by atoms with Gasteiger partial charge in [-0.15, -0.1) is 0 Å². The number of nitrogens with two attached hydrogens (primary N) is 1. The molecule has 0 amide bonds. The van der Waals surface area contributed by atoms with E-state index in [9.17, 15) is 8.78 Å². The van der Waals surface area contributed by atoms with Crippen LogP contribution in [0.1, 0.15) is 5.76 Å². The number of hydrogen-bond donors (Lipinski definition) is 2. The first kappa shape index (κ1) is 10.5. The van der Waals surface area contributed by atoms with E-state index in [1.807, 2.05) is 0 Å². The maximum Gasteiger partial charge on any atom is 0.183 e. The summed E-state index contributed by atoms with van der Waals surface area (Å²) in [7, 11) is 0. The summed E-state index contributed by atoms with van der Waals surface area (Å²) in [5.74, 6) is -1.30. The second-order valence-corrected chi connectivity index (χ2v) is 3.26. The Labute approximate surface area is 90.9 Å². The lowest BCUT2D eigenvalue weighted by atomic mass is 10.2. The van der Waals surface area contributed by atoms with Crippen LogP contribution in [0.15, 0.2) is 34.9 Å². The number of benzene rings is 1. The lowest BCUT2D eigenvalue weighted by Gasteiger charge is -2.09. The molecule has 0 bridgehead atoms. The van der Waals surface area contributed by atoms with Crippen LogP contribution in [0.3, 0.4) is 0 Å². The van der Waals surface area contributed by atoms with Crippen LogP contribution >= 0.6 is 0 Å². The topological polar surface area (TPSA) is 51.2 Å². The van der Waals surface area contributed by atoms with Crippen LogP contribution in [0.4, 0.5) is 20.2 Å². The normalized spacial score (nSPS) is 10.4. The zero-order valence-electron chi connectivity index (χ0n) is 8.34. The molecule has 0 aliphatic rings. The molecule has 0 saturated carbocycles. The zero-order chi connectivity index (χ0) is 11.5. The highest BCUT2D eigenvalue weighted by atomic mass is 19.2. The highest BCUT2D eigenvalue weighted by molar-refractivity contribution is 5.66. The number of nitrogens with one attached hydrogen (secondary N) is 1. The fourth-order valence-electron chi connectivity index (χ4n) is 1.33. The molecule has 0 radical (unpaired) electrons. The third kappa shape index (κ3) is 1.98. The van der Waals surface area contributed by atoms with E-state index >= 15 is 0 Å². The van der Waals surface area contributed by atoms with Gasteiger partial charge in [-0.3, -0.25) is 0 Å². The van der Waals surface area contributed by atoms with Crippen molar-refractivity contribution in [3.05, 3.63) is 47.9 Å². The monoisotopic (exact) mass is 224 g/mol. The molecule has 3 nitrogen and oxygen atoms in total. The molecule has 5 heteroatoms. The van der Waals surface area contributed by atoms with Gasteiger partial charge in [0.2, 0.25) is 0 Å². The predicted molar refractivity (Wildman–Crippen MR) is 56.8 cm³/mol. The molecule has 1 aromatic heterocycles. The Kier molecular flexibility index (Phi) is 2.76. The lowest BCUT2D eigenvalue weighted by Crippen LogP contribution is -2.05. The quantitative estimate of drug-likeness (QED) is 0.788. The standard InChI is InChI=1S/C11H10F2N2O/c12-8-3-4-9(14)11(10(8)13)15-6-7-2-1-5-16-7/h1-5,15H,6,14H2. The number of nitrogen functional groups attached to an aromatic ring is 1. The van der Waals surface area contributed by atoms with Gasteiger partial charge in [-0.05, 0) is 24.3 Å². The third-order valence-electron chi connectivity index (χ3n) is 2.15. The van der Waals surface area contributed by atoms with Crippen molar-refractivity contribution in [1.29, 1.82) is 0 Å². The van der Waals surface area contributed by atoms with Gasteiger partial charge in [0.05, 0.1) is 24.2 Å². The summed E-state index contributed by atoms with van der Waals surface area (Å²) in [4.78, 5) is 0. The summed E-state index contributed by atoms with van der Waals surface area (Å²) in [5, 5.41) is 2.69. The minimum absolute atomic E-state index is 0.0450. The van der Waals surface area contributed by atoms with Crippen molar-refractivity contribution in [3.8, 4) is 0 Å². The summed E-state index contributed by atoms with van der Waals surface area (Å²) >= 11 is 0. The van der Waals surface area contributed by atoms with E-state index in [1.165, 1.54) is 12.3 Å². The van der Waals surface area contributed by atoms with Gasteiger partial charge in [0.25, 0.3) is 0 Å². The Bertz CT molecular complexity index is 483. The Morgan fingerprint density at radius 3 is 2.75 bits per heavy atom. The van der Waals surface area contributed by atoms with Crippen LogP contribution in [0.2, 0.25) is 0 Å². The van der Waals surface area contributed by atoms with Gasteiger partial charge < -0.3 is 15.5 Å². The van der Waals surface area contributed by atoms with Crippen molar-refractivity contribution in [2.24, 2.45) is 0 Å². The molecule has 0 saturated heterocycles. The molecular formula is C11H10F2N2O. The highest BCUT2D eigenvalue weighted by Crippen LogP contribution is 2.25.